The molecule has 2 rings (SSSR count). The maximum Gasteiger partial charge on any atom is 0.232 e. The summed E-state index contributed by atoms with van der Waals surface area (Å²) < 4.78 is 0. The Morgan fingerprint density at radius 3 is 2.57 bits per heavy atom. The molecule has 5 heteroatoms. The van der Waals surface area contributed by atoms with Crippen LogP contribution in [0.2, 0.25) is 5.02 Å². The van der Waals surface area contributed by atoms with E-state index >= 15 is 0 Å². The number of thioether (sulfide) groups is 1. The summed E-state index contributed by atoms with van der Waals surface area (Å²) in [6, 6.07) is 8.03. The van der Waals surface area contributed by atoms with Crippen molar-refractivity contribution in [1.29, 1.82) is 0 Å². The zero-order chi connectivity index (χ0) is 15.2. The van der Waals surface area contributed by atoms with Crippen molar-refractivity contribution < 1.29 is 4.79 Å². The van der Waals surface area contributed by atoms with E-state index in [0.29, 0.717) is 11.7 Å². The molecule has 0 radical (unpaired) electrons. The number of likely N-dealkylation sites (tertiary alicyclic amines) is 1. The zero-order valence-electron chi connectivity index (χ0n) is 12.4. The molecule has 0 spiro atoms. The fourth-order valence-corrected chi connectivity index (χ4v) is 3.62. The fraction of sp³-hybridized carbons (Fsp3) is 0.562. The van der Waals surface area contributed by atoms with Gasteiger partial charge in [0.2, 0.25) is 5.91 Å². The molecule has 1 aliphatic heterocycles. The first kappa shape index (κ1) is 16.7. The van der Waals surface area contributed by atoms with Gasteiger partial charge in [0.15, 0.2) is 0 Å². The van der Waals surface area contributed by atoms with E-state index < -0.39 is 0 Å². The number of hydrogen-bond acceptors (Lipinski definition) is 3. The normalized spacial score (nSPS) is 17.8. The van der Waals surface area contributed by atoms with Crippen molar-refractivity contribution in [2.24, 2.45) is 11.7 Å². The average Bonchev–Trinajstić information content (AvgIpc) is 2.49. The molecule has 116 valence electrons. The summed E-state index contributed by atoms with van der Waals surface area (Å²) in [6.45, 7) is 3.77. The van der Waals surface area contributed by atoms with Crippen LogP contribution in [-0.4, -0.2) is 35.7 Å². The smallest absolute Gasteiger partial charge is 0.232 e. The van der Waals surface area contributed by atoms with Gasteiger partial charge < -0.3 is 10.6 Å². The van der Waals surface area contributed by atoms with Crippen LogP contribution < -0.4 is 5.73 Å². The van der Waals surface area contributed by atoms with Crippen LogP contribution in [0, 0.1) is 5.92 Å². The molecule has 1 heterocycles. The number of amides is 1. The summed E-state index contributed by atoms with van der Waals surface area (Å²) in [5.74, 6) is 2.21. The number of nitrogens with zero attached hydrogens (tertiary/aromatic N) is 1. The molecule has 1 fully saturated rings. The molecule has 0 aromatic heterocycles. The van der Waals surface area contributed by atoms with Gasteiger partial charge >= 0.3 is 0 Å². The van der Waals surface area contributed by atoms with Crippen molar-refractivity contribution in [1.82, 2.24) is 4.90 Å². The van der Waals surface area contributed by atoms with Crippen molar-refractivity contribution in [3.05, 3.63) is 34.9 Å². The van der Waals surface area contributed by atoms with E-state index in [2.05, 4.69) is 6.92 Å². The summed E-state index contributed by atoms with van der Waals surface area (Å²) in [7, 11) is 0. The van der Waals surface area contributed by atoms with E-state index in [1.165, 1.54) is 5.56 Å². The van der Waals surface area contributed by atoms with Crippen molar-refractivity contribution >= 4 is 29.3 Å². The highest BCUT2D eigenvalue weighted by Crippen LogP contribution is 2.21. The van der Waals surface area contributed by atoms with E-state index in [0.717, 1.165) is 36.7 Å². The third-order valence-electron chi connectivity index (χ3n) is 4.04. The molecular weight excluding hydrogens is 304 g/mol. The largest absolute Gasteiger partial charge is 0.342 e. The molecule has 1 unspecified atom stereocenters. The topological polar surface area (TPSA) is 46.3 Å². The van der Waals surface area contributed by atoms with Crippen molar-refractivity contribution in [2.75, 3.05) is 18.8 Å². The molecule has 1 aromatic rings. The van der Waals surface area contributed by atoms with Gasteiger partial charge in [-0.15, -0.1) is 11.8 Å². The summed E-state index contributed by atoms with van der Waals surface area (Å²) in [5.41, 5.74) is 7.13. The lowest BCUT2D eigenvalue weighted by Gasteiger charge is -2.33. The molecule has 1 aliphatic rings. The Balaban J connectivity index is 1.69. The summed E-state index contributed by atoms with van der Waals surface area (Å²) >= 11 is 7.52. The van der Waals surface area contributed by atoms with Crippen LogP contribution in [0.15, 0.2) is 24.3 Å². The number of rotatable bonds is 5. The number of piperidine rings is 1. The molecule has 1 atom stereocenters. The van der Waals surface area contributed by atoms with Gasteiger partial charge in [0.05, 0.1) is 5.75 Å². The Morgan fingerprint density at radius 1 is 1.38 bits per heavy atom. The van der Waals surface area contributed by atoms with Crippen molar-refractivity contribution in [2.45, 2.75) is 31.6 Å². The average molecular weight is 327 g/mol. The molecule has 0 aliphatic carbocycles. The minimum absolute atomic E-state index is 0.238. The lowest BCUT2D eigenvalue weighted by atomic mass is 9.91. The molecule has 2 N–H and O–H groups in total. The lowest BCUT2D eigenvalue weighted by Crippen LogP contribution is -2.43. The van der Waals surface area contributed by atoms with Gasteiger partial charge in [0.25, 0.3) is 0 Å². The molecule has 1 amide bonds. The second kappa shape index (κ2) is 8.06. The molecule has 0 saturated carbocycles. The number of halogens is 1. The molecule has 1 saturated heterocycles. The van der Waals surface area contributed by atoms with E-state index in [4.69, 9.17) is 17.3 Å². The van der Waals surface area contributed by atoms with E-state index in [1.54, 1.807) is 11.8 Å². The van der Waals surface area contributed by atoms with Gasteiger partial charge in [-0.25, -0.2) is 0 Å². The van der Waals surface area contributed by atoms with E-state index in [1.807, 2.05) is 29.2 Å². The minimum atomic E-state index is 0.238. The third-order valence-corrected chi connectivity index (χ3v) is 5.28. The predicted molar refractivity (Wildman–Crippen MR) is 90.6 cm³/mol. The molecule has 3 nitrogen and oxygen atoms in total. The summed E-state index contributed by atoms with van der Waals surface area (Å²) in [5, 5.41) is 0.747. The number of nitrogens with two attached hydrogens (primary N) is 1. The lowest BCUT2D eigenvalue weighted by molar-refractivity contribution is -0.129. The van der Waals surface area contributed by atoms with Gasteiger partial charge in [-0.1, -0.05) is 23.7 Å². The van der Waals surface area contributed by atoms with E-state index in [9.17, 15) is 4.79 Å². The van der Waals surface area contributed by atoms with Gasteiger partial charge in [-0.2, -0.15) is 0 Å². The molecular formula is C16H23ClN2OS. The second-order valence-electron chi connectivity index (χ2n) is 5.70. The first-order valence-corrected chi connectivity index (χ1v) is 8.95. The Morgan fingerprint density at radius 2 is 2.00 bits per heavy atom. The molecule has 0 bridgehead atoms. The number of hydrogen-bond donors (Lipinski definition) is 1. The van der Waals surface area contributed by atoms with Gasteiger partial charge in [0, 0.05) is 29.9 Å². The van der Waals surface area contributed by atoms with Crippen LogP contribution in [0.4, 0.5) is 0 Å². The SMILES string of the molecule is CC(N)C1CCN(C(=O)CSCc2ccc(Cl)cc2)CC1. The van der Waals surface area contributed by atoms with Crippen LogP contribution in [-0.2, 0) is 10.5 Å². The Bertz CT molecular complexity index is 456. The summed E-state index contributed by atoms with van der Waals surface area (Å²) in [4.78, 5) is 14.2. The zero-order valence-corrected chi connectivity index (χ0v) is 14.0. The highest BCUT2D eigenvalue weighted by Gasteiger charge is 2.24. The first-order chi connectivity index (χ1) is 10.1. The van der Waals surface area contributed by atoms with Crippen molar-refractivity contribution in [3.63, 3.8) is 0 Å². The Kier molecular flexibility index (Phi) is 6.40. The Hall–Kier alpha value is -0.710. The molecule has 21 heavy (non-hydrogen) atoms. The maximum absolute atomic E-state index is 12.2. The van der Waals surface area contributed by atoms with Gasteiger partial charge in [0.1, 0.15) is 0 Å². The van der Waals surface area contributed by atoms with Crippen LogP contribution >= 0.6 is 23.4 Å². The Labute approximate surface area is 136 Å². The minimum Gasteiger partial charge on any atom is -0.342 e. The second-order valence-corrected chi connectivity index (χ2v) is 7.12. The van der Waals surface area contributed by atoms with Crippen LogP contribution in [0.25, 0.3) is 0 Å². The highest BCUT2D eigenvalue weighted by molar-refractivity contribution is 7.99. The maximum atomic E-state index is 12.2. The highest BCUT2D eigenvalue weighted by atomic mass is 35.5. The van der Waals surface area contributed by atoms with Crippen LogP contribution in [0.3, 0.4) is 0 Å². The number of benzene rings is 1. The monoisotopic (exact) mass is 326 g/mol. The number of carbonyl (C=O) groups is 1. The number of carbonyl (C=O) groups excluding carboxylic acids is 1. The van der Waals surface area contributed by atoms with Crippen LogP contribution in [0.1, 0.15) is 25.3 Å². The predicted octanol–water partition coefficient (Wildman–Crippen LogP) is 3.16. The third kappa shape index (κ3) is 5.20. The standard InChI is InChI=1S/C16H23ClN2OS/c1-12(18)14-6-8-19(9-7-14)16(20)11-21-10-13-2-4-15(17)5-3-13/h2-5,12,14H,6-11,18H2,1H3. The van der Waals surface area contributed by atoms with Gasteiger partial charge in [-0.3, -0.25) is 4.79 Å². The van der Waals surface area contributed by atoms with Crippen LogP contribution in [0.5, 0.6) is 0 Å². The fourth-order valence-electron chi connectivity index (χ4n) is 2.60. The van der Waals surface area contributed by atoms with E-state index in [-0.39, 0.29) is 11.9 Å². The summed E-state index contributed by atoms with van der Waals surface area (Å²) in [6.07, 6.45) is 2.07. The van der Waals surface area contributed by atoms with Crippen molar-refractivity contribution in [3.8, 4) is 0 Å². The first-order valence-electron chi connectivity index (χ1n) is 7.42. The quantitative estimate of drug-likeness (QED) is 0.904. The molecule has 1 aromatic carbocycles. The van der Waals surface area contributed by atoms with Gasteiger partial charge in [-0.05, 0) is 43.4 Å².